The molecule has 0 aliphatic heterocycles. The molecule has 5 heteroatoms. The molecule has 0 saturated carbocycles. The highest BCUT2D eigenvalue weighted by atomic mass is 16.6. The Morgan fingerprint density at radius 2 is 2.19 bits per heavy atom. The maximum absolute atomic E-state index is 10.6. The topological polar surface area (TPSA) is 78.4 Å². The van der Waals surface area contributed by atoms with E-state index in [0.717, 1.165) is 12.8 Å². The number of hydrogen-bond donors (Lipinski definition) is 1. The number of non-ortho nitro benzene ring substituents is 1. The fourth-order valence-corrected chi connectivity index (χ4v) is 1.48. The summed E-state index contributed by atoms with van der Waals surface area (Å²) >= 11 is 0. The van der Waals surface area contributed by atoms with Crippen LogP contribution in [0.25, 0.3) is 0 Å². The predicted octanol–water partition coefficient (Wildman–Crippen LogP) is 2.74. The third-order valence-corrected chi connectivity index (χ3v) is 2.16. The molecular weight excluding hydrogens is 208 g/mol. The van der Waals surface area contributed by atoms with Crippen molar-refractivity contribution < 1.29 is 9.66 Å². The van der Waals surface area contributed by atoms with Crippen LogP contribution in [0.1, 0.15) is 26.7 Å². The van der Waals surface area contributed by atoms with Crippen molar-refractivity contribution >= 4 is 11.4 Å². The monoisotopic (exact) mass is 224 g/mol. The maximum Gasteiger partial charge on any atom is 0.275 e. The first kappa shape index (κ1) is 12.3. The van der Waals surface area contributed by atoms with Crippen LogP contribution >= 0.6 is 0 Å². The van der Waals surface area contributed by atoms with Gasteiger partial charge in [-0.2, -0.15) is 0 Å². The predicted molar refractivity (Wildman–Crippen MR) is 62.5 cm³/mol. The highest BCUT2D eigenvalue weighted by molar-refractivity contribution is 5.53. The largest absolute Gasteiger partial charge is 0.490 e. The van der Waals surface area contributed by atoms with Gasteiger partial charge in [-0.15, -0.1) is 0 Å². The highest BCUT2D eigenvalue weighted by Gasteiger charge is 2.11. The quantitative estimate of drug-likeness (QED) is 0.474. The third kappa shape index (κ3) is 3.42. The molecule has 0 amide bonds. The van der Waals surface area contributed by atoms with E-state index in [-0.39, 0.29) is 11.8 Å². The number of anilines is 1. The Kier molecular flexibility index (Phi) is 4.10. The molecule has 0 aliphatic carbocycles. The van der Waals surface area contributed by atoms with Gasteiger partial charge in [0, 0.05) is 17.8 Å². The smallest absolute Gasteiger partial charge is 0.275 e. The first-order chi connectivity index (χ1) is 7.52. The van der Waals surface area contributed by atoms with Crippen LogP contribution in [0.2, 0.25) is 0 Å². The molecular formula is C11H16N2O3. The molecule has 0 saturated heterocycles. The van der Waals surface area contributed by atoms with Crippen LogP contribution in [0, 0.1) is 10.1 Å². The van der Waals surface area contributed by atoms with Gasteiger partial charge in [0.15, 0.2) is 0 Å². The summed E-state index contributed by atoms with van der Waals surface area (Å²) < 4.78 is 5.54. The average Bonchev–Trinajstić information content (AvgIpc) is 2.16. The molecule has 1 rings (SSSR count). The minimum absolute atomic E-state index is 0.0337. The lowest BCUT2D eigenvalue weighted by molar-refractivity contribution is -0.384. The van der Waals surface area contributed by atoms with Gasteiger partial charge in [-0.05, 0) is 13.3 Å². The molecule has 1 aromatic rings. The molecule has 0 bridgehead atoms. The molecule has 0 aromatic heterocycles. The number of nitrogens with zero attached hydrogens (tertiary/aromatic N) is 1. The average molecular weight is 224 g/mol. The van der Waals surface area contributed by atoms with Crippen LogP contribution < -0.4 is 10.5 Å². The van der Waals surface area contributed by atoms with Crippen LogP contribution in [0.3, 0.4) is 0 Å². The third-order valence-electron chi connectivity index (χ3n) is 2.16. The van der Waals surface area contributed by atoms with Crippen molar-refractivity contribution in [1.29, 1.82) is 0 Å². The highest BCUT2D eigenvalue weighted by Crippen LogP contribution is 2.25. The van der Waals surface area contributed by atoms with Crippen molar-refractivity contribution in [2.24, 2.45) is 0 Å². The Bertz CT molecular complexity index is 379. The van der Waals surface area contributed by atoms with Crippen molar-refractivity contribution in [3.05, 3.63) is 28.3 Å². The lowest BCUT2D eigenvalue weighted by Gasteiger charge is -2.13. The molecule has 16 heavy (non-hydrogen) atoms. The lowest BCUT2D eigenvalue weighted by Crippen LogP contribution is -2.11. The van der Waals surface area contributed by atoms with Crippen LogP contribution in [-0.2, 0) is 0 Å². The molecule has 0 aliphatic rings. The van der Waals surface area contributed by atoms with Gasteiger partial charge in [-0.3, -0.25) is 10.1 Å². The first-order valence-corrected chi connectivity index (χ1v) is 5.24. The molecule has 0 radical (unpaired) electrons. The van der Waals surface area contributed by atoms with Crippen molar-refractivity contribution in [3.63, 3.8) is 0 Å². The van der Waals surface area contributed by atoms with Gasteiger partial charge in [-0.25, -0.2) is 0 Å². The second-order valence-electron chi connectivity index (χ2n) is 3.73. The zero-order chi connectivity index (χ0) is 12.1. The summed E-state index contributed by atoms with van der Waals surface area (Å²) in [5.41, 5.74) is 5.86. The standard InChI is InChI=1S/C11H16N2O3/c1-3-4-8(2)16-11-6-9(12)5-10(7-11)13(14)15/h5-8H,3-4,12H2,1-2H3. The van der Waals surface area contributed by atoms with E-state index in [2.05, 4.69) is 6.92 Å². The summed E-state index contributed by atoms with van der Waals surface area (Å²) in [4.78, 5) is 10.1. The number of nitrogen functional groups attached to an aromatic ring is 1. The molecule has 0 fully saturated rings. The zero-order valence-corrected chi connectivity index (χ0v) is 9.47. The number of ether oxygens (including phenoxy) is 1. The summed E-state index contributed by atoms with van der Waals surface area (Å²) in [7, 11) is 0. The number of hydrogen-bond acceptors (Lipinski definition) is 4. The van der Waals surface area contributed by atoms with Gasteiger partial charge in [-0.1, -0.05) is 13.3 Å². The number of rotatable bonds is 5. The van der Waals surface area contributed by atoms with E-state index >= 15 is 0 Å². The summed E-state index contributed by atoms with van der Waals surface area (Å²) in [6.45, 7) is 3.99. The van der Waals surface area contributed by atoms with Gasteiger partial charge < -0.3 is 10.5 Å². The second-order valence-corrected chi connectivity index (χ2v) is 3.73. The van der Waals surface area contributed by atoms with E-state index < -0.39 is 4.92 Å². The Balaban J connectivity index is 2.84. The lowest BCUT2D eigenvalue weighted by atomic mass is 10.2. The van der Waals surface area contributed by atoms with E-state index in [1.807, 2.05) is 6.92 Å². The minimum Gasteiger partial charge on any atom is -0.490 e. The normalized spacial score (nSPS) is 12.1. The van der Waals surface area contributed by atoms with Crippen LogP contribution in [0.4, 0.5) is 11.4 Å². The van der Waals surface area contributed by atoms with Crippen LogP contribution in [-0.4, -0.2) is 11.0 Å². The minimum atomic E-state index is -0.478. The Morgan fingerprint density at radius 1 is 1.50 bits per heavy atom. The molecule has 1 aromatic carbocycles. The van der Waals surface area contributed by atoms with E-state index in [4.69, 9.17) is 10.5 Å². The Labute approximate surface area is 94.4 Å². The van der Waals surface area contributed by atoms with Crippen molar-refractivity contribution in [1.82, 2.24) is 0 Å². The summed E-state index contributed by atoms with van der Waals surface area (Å²) in [5, 5.41) is 10.6. The summed E-state index contributed by atoms with van der Waals surface area (Å²) in [6, 6.07) is 4.30. The van der Waals surface area contributed by atoms with E-state index in [9.17, 15) is 10.1 Å². The second kappa shape index (κ2) is 5.34. The van der Waals surface area contributed by atoms with Gasteiger partial charge in [0.2, 0.25) is 0 Å². The van der Waals surface area contributed by atoms with Crippen LogP contribution in [0.15, 0.2) is 18.2 Å². The molecule has 0 heterocycles. The molecule has 1 unspecified atom stereocenters. The van der Waals surface area contributed by atoms with Gasteiger partial charge >= 0.3 is 0 Å². The first-order valence-electron chi connectivity index (χ1n) is 5.24. The van der Waals surface area contributed by atoms with Gasteiger partial charge in [0.25, 0.3) is 5.69 Å². The van der Waals surface area contributed by atoms with Crippen molar-refractivity contribution in [2.75, 3.05) is 5.73 Å². The number of nitro groups is 1. The maximum atomic E-state index is 10.6. The summed E-state index contributed by atoms with van der Waals surface area (Å²) in [5.74, 6) is 0.452. The van der Waals surface area contributed by atoms with Crippen molar-refractivity contribution in [2.45, 2.75) is 32.8 Å². The molecule has 5 nitrogen and oxygen atoms in total. The SMILES string of the molecule is CCCC(C)Oc1cc(N)cc([N+](=O)[O-])c1. The van der Waals surface area contributed by atoms with Crippen molar-refractivity contribution in [3.8, 4) is 5.75 Å². The molecule has 2 N–H and O–H groups in total. The van der Waals surface area contributed by atoms with Gasteiger partial charge in [0.1, 0.15) is 5.75 Å². The number of nitrogens with two attached hydrogens (primary N) is 1. The van der Waals surface area contributed by atoms with E-state index in [1.165, 1.54) is 12.1 Å². The van der Waals surface area contributed by atoms with E-state index in [0.29, 0.717) is 11.4 Å². The Hall–Kier alpha value is -1.78. The fourth-order valence-electron chi connectivity index (χ4n) is 1.48. The number of benzene rings is 1. The van der Waals surface area contributed by atoms with E-state index in [1.54, 1.807) is 6.07 Å². The molecule has 88 valence electrons. The molecule has 1 atom stereocenters. The molecule has 0 spiro atoms. The zero-order valence-electron chi connectivity index (χ0n) is 9.47. The number of nitro benzene ring substituents is 1. The van der Waals surface area contributed by atoms with Crippen LogP contribution in [0.5, 0.6) is 5.75 Å². The van der Waals surface area contributed by atoms with Gasteiger partial charge in [0.05, 0.1) is 17.1 Å². The summed E-state index contributed by atoms with van der Waals surface area (Å²) in [6.07, 6.45) is 1.94. The Morgan fingerprint density at radius 3 is 2.75 bits per heavy atom. The fraction of sp³-hybridized carbons (Fsp3) is 0.455.